The van der Waals surface area contributed by atoms with Gasteiger partial charge >= 0.3 is 35.8 Å². The van der Waals surface area contributed by atoms with E-state index in [1.165, 1.54) is 6.92 Å². The number of ether oxygens (including phenoxy) is 7. The Morgan fingerprint density at radius 2 is 0.660 bits per heavy atom. The molecule has 0 unspecified atom stereocenters. The van der Waals surface area contributed by atoms with Gasteiger partial charge in [-0.05, 0) is 103 Å². The van der Waals surface area contributed by atoms with Crippen LogP contribution in [0.5, 0.6) is 0 Å². The smallest absolute Gasteiger partial charge is 0.313 e. The summed E-state index contributed by atoms with van der Waals surface area (Å²) in [7, 11) is 0. The lowest BCUT2D eigenvalue weighted by molar-refractivity contribution is -0.147. The number of carbonyl (C=O) groups excluding carboxylic acids is 7. The fourth-order valence-corrected chi connectivity index (χ4v) is 4.67. The molecule has 14 nitrogen and oxygen atoms in total. The predicted molar refractivity (Wildman–Crippen MR) is 194 cm³/mol. The molecule has 0 aromatic carbocycles. The SMILES string of the molecule is C=CCOCCOC(=O)CCCCCOC(=O)CCCCCOC(=O)CCCCCOC(=O)CCCCCOC(=O)CCCCCOC(=O)CC(C)=O. The molecule has 0 aromatic rings. The molecule has 304 valence electrons. The minimum atomic E-state index is -0.528. The lowest BCUT2D eigenvalue weighted by atomic mass is 10.2. The molecule has 0 aliphatic carbocycles. The van der Waals surface area contributed by atoms with E-state index in [1.54, 1.807) is 6.08 Å². The summed E-state index contributed by atoms with van der Waals surface area (Å²) in [6.45, 7) is 7.34. The van der Waals surface area contributed by atoms with Crippen molar-refractivity contribution in [2.24, 2.45) is 0 Å². The van der Waals surface area contributed by atoms with E-state index in [0.29, 0.717) is 136 Å². The summed E-state index contributed by atoms with van der Waals surface area (Å²) in [6.07, 6.45) is 13.2. The third-order valence-electron chi connectivity index (χ3n) is 7.56. The molecule has 0 saturated carbocycles. The Bertz CT molecular complexity index is 1040. The molecule has 0 heterocycles. The summed E-state index contributed by atoms with van der Waals surface area (Å²) >= 11 is 0. The van der Waals surface area contributed by atoms with Gasteiger partial charge < -0.3 is 33.2 Å². The van der Waals surface area contributed by atoms with Crippen molar-refractivity contribution in [3.8, 4) is 0 Å². The van der Waals surface area contributed by atoms with Crippen molar-refractivity contribution in [3.05, 3.63) is 12.7 Å². The van der Waals surface area contributed by atoms with Crippen molar-refractivity contribution < 1.29 is 66.7 Å². The van der Waals surface area contributed by atoms with Gasteiger partial charge in [-0.2, -0.15) is 0 Å². The van der Waals surface area contributed by atoms with Crippen molar-refractivity contribution in [1.29, 1.82) is 0 Å². The first kappa shape index (κ1) is 49.2. The van der Waals surface area contributed by atoms with Crippen LogP contribution in [0, 0.1) is 0 Å². The van der Waals surface area contributed by atoms with Crippen molar-refractivity contribution >= 4 is 41.6 Å². The van der Waals surface area contributed by atoms with Crippen LogP contribution in [0.1, 0.15) is 142 Å². The summed E-state index contributed by atoms with van der Waals surface area (Å²) in [6, 6.07) is 0. The average molecular weight is 757 g/mol. The van der Waals surface area contributed by atoms with Gasteiger partial charge in [-0.1, -0.05) is 6.08 Å². The summed E-state index contributed by atoms with van der Waals surface area (Å²) in [5, 5.41) is 0. The zero-order valence-corrected chi connectivity index (χ0v) is 32.0. The average Bonchev–Trinajstić information content (AvgIpc) is 3.11. The van der Waals surface area contributed by atoms with Gasteiger partial charge in [0, 0.05) is 32.1 Å². The molecule has 0 saturated heterocycles. The molecule has 0 radical (unpaired) electrons. The van der Waals surface area contributed by atoms with Gasteiger partial charge in [0.15, 0.2) is 0 Å². The molecule has 0 aromatic heterocycles. The second-order valence-corrected chi connectivity index (χ2v) is 12.6. The van der Waals surface area contributed by atoms with Gasteiger partial charge in [0.25, 0.3) is 0 Å². The molecule has 0 amide bonds. The van der Waals surface area contributed by atoms with E-state index in [1.807, 2.05) is 0 Å². The minimum Gasteiger partial charge on any atom is -0.466 e. The van der Waals surface area contributed by atoms with Crippen LogP contribution in [0.2, 0.25) is 0 Å². The first-order valence-corrected chi connectivity index (χ1v) is 19.3. The number of hydrogen-bond donors (Lipinski definition) is 0. The number of hydrogen-bond acceptors (Lipinski definition) is 14. The Morgan fingerprint density at radius 1 is 0.377 bits per heavy atom. The van der Waals surface area contributed by atoms with Crippen LogP contribution in [0.4, 0.5) is 0 Å². The molecule has 0 atom stereocenters. The molecular formula is C39H64O14. The number of Topliss-reactive ketones (excluding diaryl/α,β-unsaturated/α-hetero) is 1. The van der Waals surface area contributed by atoms with E-state index in [0.717, 1.165) is 25.7 Å². The third kappa shape index (κ3) is 37.7. The van der Waals surface area contributed by atoms with Crippen LogP contribution < -0.4 is 0 Å². The molecule has 0 bridgehead atoms. The van der Waals surface area contributed by atoms with Crippen molar-refractivity contribution in [1.82, 2.24) is 0 Å². The van der Waals surface area contributed by atoms with E-state index in [9.17, 15) is 33.6 Å². The summed E-state index contributed by atoms with van der Waals surface area (Å²) in [5.41, 5.74) is 0. The zero-order chi connectivity index (χ0) is 39.2. The number of ketones is 1. The van der Waals surface area contributed by atoms with Gasteiger partial charge in [-0.3, -0.25) is 33.6 Å². The highest BCUT2D eigenvalue weighted by Gasteiger charge is 2.09. The fraction of sp³-hybridized carbons (Fsp3) is 0.769. The Kier molecular flexibility index (Phi) is 33.9. The van der Waals surface area contributed by atoms with Crippen molar-refractivity contribution in [2.45, 2.75) is 142 Å². The maximum atomic E-state index is 11.9. The topological polar surface area (TPSA) is 184 Å². The summed E-state index contributed by atoms with van der Waals surface area (Å²) in [5.74, 6) is -2.09. The first-order chi connectivity index (χ1) is 25.6. The predicted octanol–water partition coefficient (Wildman–Crippen LogP) is 6.23. The van der Waals surface area contributed by atoms with Crippen LogP contribution in [0.25, 0.3) is 0 Å². The van der Waals surface area contributed by atoms with Crippen LogP contribution in [0.15, 0.2) is 12.7 Å². The molecule has 0 rings (SSSR count). The number of unbranched alkanes of at least 4 members (excludes halogenated alkanes) is 10. The Labute approximate surface area is 315 Å². The van der Waals surface area contributed by atoms with Gasteiger partial charge in [-0.15, -0.1) is 6.58 Å². The number of rotatable bonds is 37. The first-order valence-electron chi connectivity index (χ1n) is 19.3. The molecule has 0 aliphatic rings. The molecule has 0 aliphatic heterocycles. The van der Waals surface area contributed by atoms with Crippen molar-refractivity contribution in [2.75, 3.05) is 52.9 Å². The van der Waals surface area contributed by atoms with Crippen LogP contribution in [-0.2, 0) is 66.7 Å². The van der Waals surface area contributed by atoms with E-state index in [4.69, 9.17) is 33.2 Å². The zero-order valence-electron chi connectivity index (χ0n) is 32.0. The fourth-order valence-electron chi connectivity index (χ4n) is 4.67. The molecule has 0 spiro atoms. The van der Waals surface area contributed by atoms with E-state index in [-0.39, 0.29) is 61.7 Å². The number of carbonyl (C=O) groups is 7. The molecule has 53 heavy (non-hydrogen) atoms. The normalized spacial score (nSPS) is 10.6. The highest BCUT2D eigenvalue weighted by molar-refractivity contribution is 5.94. The highest BCUT2D eigenvalue weighted by Crippen LogP contribution is 2.09. The van der Waals surface area contributed by atoms with Gasteiger partial charge in [0.1, 0.15) is 18.8 Å². The second-order valence-electron chi connectivity index (χ2n) is 12.6. The van der Waals surface area contributed by atoms with Crippen LogP contribution in [-0.4, -0.2) is 94.5 Å². The monoisotopic (exact) mass is 756 g/mol. The second kappa shape index (κ2) is 36.5. The standard InChI is InChI=1S/C39H64O14/c1-3-24-47-30-31-53-38(45)23-13-7-17-28-51-36(43)21-11-5-15-26-49-34(41)19-9-4-14-25-48-35(42)20-10-6-16-27-50-37(44)22-12-8-18-29-52-39(46)32-33(2)40/h3H,1,4-32H2,2H3. The van der Waals surface area contributed by atoms with Crippen LogP contribution in [0.3, 0.4) is 0 Å². The minimum absolute atomic E-state index is 0.216. The lowest BCUT2D eigenvalue weighted by Crippen LogP contribution is -2.10. The lowest BCUT2D eigenvalue weighted by Gasteiger charge is -2.07. The van der Waals surface area contributed by atoms with Gasteiger partial charge in [-0.25, -0.2) is 0 Å². The molecule has 14 heteroatoms. The Balaban J connectivity index is 3.47. The maximum Gasteiger partial charge on any atom is 0.313 e. The highest BCUT2D eigenvalue weighted by atomic mass is 16.6. The number of esters is 6. The van der Waals surface area contributed by atoms with Gasteiger partial charge in [0.2, 0.25) is 0 Å². The largest absolute Gasteiger partial charge is 0.466 e. The molecule has 0 N–H and O–H groups in total. The third-order valence-corrected chi connectivity index (χ3v) is 7.56. The summed E-state index contributed by atoms with van der Waals surface area (Å²) < 4.78 is 36.0. The van der Waals surface area contributed by atoms with Crippen LogP contribution >= 0.6 is 0 Å². The maximum absolute atomic E-state index is 11.9. The summed E-state index contributed by atoms with van der Waals surface area (Å²) in [4.78, 5) is 81.2. The van der Waals surface area contributed by atoms with E-state index < -0.39 is 5.97 Å². The van der Waals surface area contributed by atoms with E-state index in [2.05, 4.69) is 6.58 Å². The van der Waals surface area contributed by atoms with Crippen molar-refractivity contribution in [3.63, 3.8) is 0 Å². The van der Waals surface area contributed by atoms with E-state index >= 15 is 0 Å². The van der Waals surface area contributed by atoms with Gasteiger partial charge in [0.05, 0.1) is 46.2 Å². The molecular weight excluding hydrogens is 692 g/mol. The molecule has 0 fully saturated rings. The Morgan fingerprint density at radius 3 is 0.943 bits per heavy atom. The Hall–Kier alpha value is -3.81. The quantitative estimate of drug-likeness (QED) is 0.0228.